The Balaban J connectivity index is 1.64. The van der Waals surface area contributed by atoms with Crippen LogP contribution in [-0.4, -0.2) is 35.2 Å². The molecular weight excluding hydrogens is 500 g/mol. The van der Waals surface area contributed by atoms with E-state index in [0.717, 1.165) is 53.1 Å². The van der Waals surface area contributed by atoms with E-state index in [4.69, 9.17) is 16.1 Å². The number of quaternary nitrogens is 1. The van der Waals surface area contributed by atoms with Crippen LogP contribution >= 0.6 is 11.6 Å². The molecule has 38 heavy (non-hydrogen) atoms. The number of amides is 1. The highest BCUT2D eigenvalue weighted by Crippen LogP contribution is 2.48. The Bertz CT molecular complexity index is 1260. The van der Waals surface area contributed by atoms with Crippen molar-refractivity contribution in [3.05, 3.63) is 63.5 Å². The standard InChI is InChI=1S/C31H39ClN2O4/c1-19(2)16-20(3)6-8-22(5)31-29(23-9-10-23)30(33-38-31)24(11-13-28(36)37)18-27(35)34(14-15-34)26-12-7-21(4)17-25(26)32/h6-8,12,17,19,23-24H,9-11,13-16,18H2,1-5H3/p+1/b20-6+,22-8+. The molecule has 0 spiro atoms. The lowest BCUT2D eigenvalue weighted by Gasteiger charge is -2.20. The Morgan fingerprint density at radius 1 is 1.18 bits per heavy atom. The van der Waals surface area contributed by atoms with Gasteiger partial charge in [-0.05, 0) is 75.5 Å². The minimum atomic E-state index is -0.877. The summed E-state index contributed by atoms with van der Waals surface area (Å²) in [5.74, 6) is 0.553. The second kappa shape index (κ2) is 11.6. The number of aliphatic carboxylic acids is 1. The molecule has 1 aromatic heterocycles. The highest BCUT2D eigenvalue weighted by atomic mass is 35.5. The number of benzene rings is 1. The maximum absolute atomic E-state index is 13.8. The van der Waals surface area contributed by atoms with Crippen LogP contribution in [0.5, 0.6) is 0 Å². The van der Waals surface area contributed by atoms with E-state index in [0.29, 0.717) is 36.4 Å². The van der Waals surface area contributed by atoms with Crippen LogP contribution in [0.2, 0.25) is 5.02 Å². The summed E-state index contributed by atoms with van der Waals surface area (Å²) in [6.45, 7) is 12.0. The zero-order valence-electron chi connectivity index (χ0n) is 23.2. The van der Waals surface area contributed by atoms with Crippen molar-refractivity contribution in [3.63, 3.8) is 0 Å². The van der Waals surface area contributed by atoms with Gasteiger partial charge in [-0.3, -0.25) is 4.79 Å². The molecule has 1 saturated carbocycles. The SMILES string of the molecule is C/C(=C\C=C(/C)c1onc(C(CCC(=O)O)CC(=O)[N+]2(c3ccc(C)cc3Cl)CC2)c1C1CC1)CC(C)C. The first-order valence-corrected chi connectivity index (χ1v) is 14.1. The zero-order chi connectivity index (χ0) is 27.6. The number of rotatable bonds is 12. The van der Waals surface area contributed by atoms with Gasteiger partial charge in [0.1, 0.15) is 18.1 Å². The molecule has 204 valence electrons. The van der Waals surface area contributed by atoms with Gasteiger partial charge in [-0.2, -0.15) is 0 Å². The molecule has 0 bridgehead atoms. The van der Waals surface area contributed by atoms with Gasteiger partial charge in [-0.25, -0.2) is 9.28 Å². The van der Waals surface area contributed by atoms with Crippen molar-refractivity contribution in [2.24, 2.45) is 5.92 Å². The van der Waals surface area contributed by atoms with Gasteiger partial charge in [0.15, 0.2) is 11.4 Å². The van der Waals surface area contributed by atoms with Crippen LogP contribution in [0.15, 0.2) is 40.4 Å². The number of aryl methyl sites for hydroxylation is 1. The fourth-order valence-electron chi connectivity index (χ4n) is 5.41. The molecule has 4 rings (SSSR count). The van der Waals surface area contributed by atoms with Crippen molar-refractivity contribution in [1.29, 1.82) is 0 Å². The summed E-state index contributed by atoms with van der Waals surface area (Å²) in [5.41, 5.74) is 5.99. The molecule has 1 unspecified atom stereocenters. The summed E-state index contributed by atoms with van der Waals surface area (Å²) in [6.07, 6.45) is 7.88. The van der Waals surface area contributed by atoms with Crippen LogP contribution in [-0.2, 0) is 9.59 Å². The van der Waals surface area contributed by atoms with E-state index < -0.39 is 5.97 Å². The Morgan fingerprint density at radius 2 is 1.89 bits per heavy atom. The number of hydrogen-bond donors (Lipinski definition) is 1. The van der Waals surface area contributed by atoms with Gasteiger partial charge in [-0.15, -0.1) is 0 Å². The Kier molecular flexibility index (Phi) is 8.63. The lowest BCUT2D eigenvalue weighted by Crippen LogP contribution is -2.35. The first kappa shape index (κ1) is 28.3. The summed E-state index contributed by atoms with van der Waals surface area (Å²) in [5, 5.41) is 14.6. The van der Waals surface area contributed by atoms with Gasteiger partial charge in [0, 0.05) is 24.0 Å². The van der Waals surface area contributed by atoms with Gasteiger partial charge in [0.05, 0.1) is 12.1 Å². The van der Waals surface area contributed by atoms with Gasteiger partial charge in [0.2, 0.25) is 0 Å². The van der Waals surface area contributed by atoms with Crippen molar-refractivity contribution in [1.82, 2.24) is 9.64 Å². The molecule has 6 nitrogen and oxygen atoms in total. The quantitative estimate of drug-likeness (QED) is 0.169. The third kappa shape index (κ3) is 6.47. The molecule has 1 aromatic carbocycles. The van der Waals surface area contributed by atoms with Gasteiger partial charge >= 0.3 is 11.9 Å². The van der Waals surface area contributed by atoms with Crippen LogP contribution in [0.4, 0.5) is 5.69 Å². The van der Waals surface area contributed by atoms with E-state index >= 15 is 0 Å². The highest BCUT2D eigenvalue weighted by Gasteiger charge is 2.53. The summed E-state index contributed by atoms with van der Waals surface area (Å²) >= 11 is 6.56. The number of carbonyl (C=O) groups is 2. The molecule has 1 aliphatic heterocycles. The van der Waals surface area contributed by atoms with Crippen molar-refractivity contribution in [2.75, 3.05) is 13.1 Å². The van der Waals surface area contributed by atoms with E-state index in [9.17, 15) is 14.7 Å². The Labute approximate surface area is 230 Å². The molecule has 2 fully saturated rings. The van der Waals surface area contributed by atoms with Crippen molar-refractivity contribution in [2.45, 2.75) is 85.0 Å². The number of nitrogens with zero attached hydrogens (tertiary/aromatic N) is 2. The molecular formula is C31H40ClN2O4+. The van der Waals surface area contributed by atoms with E-state index in [-0.39, 0.29) is 29.1 Å². The largest absolute Gasteiger partial charge is 0.481 e. The Hall–Kier alpha value is -2.70. The lowest BCUT2D eigenvalue weighted by molar-refractivity contribution is -0.137. The van der Waals surface area contributed by atoms with E-state index in [1.807, 2.05) is 32.0 Å². The predicted octanol–water partition coefficient (Wildman–Crippen LogP) is 7.80. The van der Waals surface area contributed by atoms with E-state index in [1.165, 1.54) is 5.57 Å². The van der Waals surface area contributed by atoms with E-state index in [2.05, 4.69) is 38.1 Å². The first-order valence-electron chi connectivity index (χ1n) is 13.7. The number of allylic oxidation sites excluding steroid dienone is 4. The molecule has 7 heteroatoms. The summed E-state index contributed by atoms with van der Waals surface area (Å²) in [4.78, 5) is 25.3. The number of aromatic nitrogens is 1. The third-order valence-electron chi connectivity index (χ3n) is 7.67. The molecule has 0 radical (unpaired) electrons. The molecule has 2 aliphatic rings. The van der Waals surface area contributed by atoms with Crippen molar-refractivity contribution in [3.8, 4) is 0 Å². The average molecular weight is 540 g/mol. The first-order chi connectivity index (χ1) is 18.0. The third-order valence-corrected chi connectivity index (χ3v) is 7.98. The number of carboxylic acids is 1. The normalized spacial score (nSPS) is 18.1. The maximum atomic E-state index is 13.8. The zero-order valence-corrected chi connectivity index (χ0v) is 24.0. The summed E-state index contributed by atoms with van der Waals surface area (Å²) in [7, 11) is 0. The number of halogens is 1. The van der Waals surface area contributed by atoms with Crippen LogP contribution in [0, 0.1) is 12.8 Å². The van der Waals surface area contributed by atoms with Crippen LogP contribution < -0.4 is 4.48 Å². The summed E-state index contributed by atoms with van der Waals surface area (Å²) < 4.78 is 6.14. The number of carbonyl (C=O) groups excluding carboxylic acids is 1. The van der Waals surface area contributed by atoms with Crippen LogP contribution in [0.1, 0.15) is 101 Å². The van der Waals surface area contributed by atoms with Crippen LogP contribution in [0.25, 0.3) is 5.57 Å². The smallest absolute Gasteiger partial charge is 0.319 e. The minimum absolute atomic E-state index is 0.0263. The number of hydrogen-bond acceptors (Lipinski definition) is 4. The second-order valence-electron chi connectivity index (χ2n) is 11.6. The highest BCUT2D eigenvalue weighted by molar-refractivity contribution is 6.33. The monoisotopic (exact) mass is 539 g/mol. The molecule has 1 aliphatic carbocycles. The molecule has 1 atom stereocenters. The van der Waals surface area contributed by atoms with Crippen molar-refractivity contribution < 1.29 is 19.2 Å². The van der Waals surface area contributed by atoms with Crippen molar-refractivity contribution >= 4 is 34.7 Å². The fraction of sp³-hybridized carbons (Fsp3) is 0.516. The van der Waals surface area contributed by atoms with Gasteiger partial charge < -0.3 is 9.63 Å². The molecule has 2 heterocycles. The van der Waals surface area contributed by atoms with E-state index in [1.54, 1.807) is 0 Å². The van der Waals surface area contributed by atoms with Gasteiger partial charge in [-0.1, -0.05) is 54.4 Å². The lowest BCUT2D eigenvalue weighted by atomic mass is 9.89. The fourth-order valence-corrected chi connectivity index (χ4v) is 5.81. The second-order valence-corrected chi connectivity index (χ2v) is 12.0. The topological polar surface area (TPSA) is 80.4 Å². The maximum Gasteiger partial charge on any atom is 0.319 e. The Morgan fingerprint density at radius 3 is 2.47 bits per heavy atom. The molecule has 1 N–H and O–H groups in total. The average Bonchev–Trinajstić information content (AvgIpc) is 3.77. The number of carboxylic acid groups (broad SMARTS) is 1. The molecule has 2 aromatic rings. The van der Waals surface area contributed by atoms with Crippen LogP contribution in [0.3, 0.4) is 0 Å². The predicted molar refractivity (Wildman–Crippen MR) is 152 cm³/mol. The molecule has 1 amide bonds. The molecule has 1 saturated heterocycles. The summed E-state index contributed by atoms with van der Waals surface area (Å²) in [6, 6.07) is 5.82. The minimum Gasteiger partial charge on any atom is -0.481 e. The van der Waals surface area contributed by atoms with Gasteiger partial charge in [0.25, 0.3) is 0 Å².